The van der Waals surface area contributed by atoms with E-state index in [1.165, 1.54) is 11.1 Å². The summed E-state index contributed by atoms with van der Waals surface area (Å²) in [6.07, 6.45) is 2.07. The number of nitrogens with two attached hydrogens (primary N) is 1. The lowest BCUT2D eigenvalue weighted by atomic mass is 9.94. The van der Waals surface area contributed by atoms with Crippen LogP contribution >= 0.6 is 12.6 Å². The molecule has 1 aromatic carbocycles. The summed E-state index contributed by atoms with van der Waals surface area (Å²) in [5.41, 5.74) is 9.68. The smallest absolute Gasteiger partial charge is 0.0380 e. The van der Waals surface area contributed by atoms with Crippen molar-refractivity contribution in [2.75, 3.05) is 5.73 Å². The molecule has 0 amide bonds. The van der Waals surface area contributed by atoms with E-state index in [2.05, 4.69) is 52.5 Å². The Morgan fingerprint density at radius 3 is 1.69 bits per heavy atom. The van der Waals surface area contributed by atoms with Gasteiger partial charge in [-0.3, -0.25) is 0 Å². The first kappa shape index (κ1) is 13.4. The van der Waals surface area contributed by atoms with Gasteiger partial charge in [-0.15, -0.1) is 12.6 Å². The summed E-state index contributed by atoms with van der Waals surface area (Å²) in [5.74, 6) is 1.26. The van der Waals surface area contributed by atoms with Crippen molar-refractivity contribution in [2.24, 2.45) is 11.8 Å². The van der Waals surface area contributed by atoms with Crippen molar-refractivity contribution >= 4 is 18.3 Å². The van der Waals surface area contributed by atoms with E-state index in [0.717, 1.165) is 23.4 Å². The van der Waals surface area contributed by atoms with Crippen LogP contribution in [0.3, 0.4) is 0 Å². The van der Waals surface area contributed by atoms with Crippen LogP contribution in [0, 0.1) is 11.8 Å². The van der Waals surface area contributed by atoms with Gasteiger partial charge in [-0.05, 0) is 47.9 Å². The van der Waals surface area contributed by atoms with E-state index in [-0.39, 0.29) is 0 Å². The molecule has 2 N–H and O–H groups in total. The summed E-state index contributed by atoms with van der Waals surface area (Å²) in [5, 5.41) is 0. The maximum Gasteiger partial charge on any atom is 0.0380 e. The Morgan fingerprint density at radius 1 is 1.00 bits per heavy atom. The zero-order valence-corrected chi connectivity index (χ0v) is 11.6. The van der Waals surface area contributed by atoms with Crippen molar-refractivity contribution < 1.29 is 0 Å². The van der Waals surface area contributed by atoms with Crippen LogP contribution in [-0.4, -0.2) is 0 Å². The van der Waals surface area contributed by atoms with Gasteiger partial charge in [0.05, 0.1) is 0 Å². The first-order valence-electron chi connectivity index (χ1n) is 6.00. The topological polar surface area (TPSA) is 26.0 Å². The van der Waals surface area contributed by atoms with Gasteiger partial charge in [0.2, 0.25) is 0 Å². The highest BCUT2D eigenvalue weighted by molar-refractivity contribution is 7.80. The highest BCUT2D eigenvalue weighted by Gasteiger charge is 2.09. The second kappa shape index (κ2) is 5.62. The normalized spacial score (nSPS) is 11.4. The molecular weight excluding hydrogens is 214 g/mol. The minimum atomic E-state index is 0.629. The lowest BCUT2D eigenvalue weighted by Crippen LogP contribution is -2.05. The molecule has 0 atom stereocenters. The van der Waals surface area contributed by atoms with Crippen LogP contribution < -0.4 is 5.73 Å². The number of benzene rings is 1. The van der Waals surface area contributed by atoms with Crippen molar-refractivity contribution in [2.45, 2.75) is 45.4 Å². The van der Waals surface area contributed by atoms with Gasteiger partial charge in [-0.25, -0.2) is 0 Å². The second-order valence-corrected chi connectivity index (χ2v) is 5.89. The number of hydrogen-bond donors (Lipinski definition) is 2. The van der Waals surface area contributed by atoms with Crippen LogP contribution in [0.2, 0.25) is 0 Å². The summed E-state index contributed by atoms with van der Waals surface area (Å²) in [4.78, 5) is 1.03. The van der Waals surface area contributed by atoms with Crippen molar-refractivity contribution in [3.05, 3.63) is 23.3 Å². The molecule has 1 aromatic rings. The maximum atomic E-state index is 6.21. The Hall–Kier alpha value is -0.630. The van der Waals surface area contributed by atoms with E-state index >= 15 is 0 Å². The number of rotatable bonds is 4. The van der Waals surface area contributed by atoms with Gasteiger partial charge in [0, 0.05) is 10.6 Å². The Labute approximate surface area is 105 Å². The van der Waals surface area contributed by atoms with E-state index in [0.29, 0.717) is 11.8 Å². The van der Waals surface area contributed by atoms with E-state index < -0.39 is 0 Å². The maximum absolute atomic E-state index is 6.21. The van der Waals surface area contributed by atoms with Crippen LogP contribution in [0.1, 0.15) is 38.8 Å². The van der Waals surface area contributed by atoms with Crippen molar-refractivity contribution in [3.8, 4) is 0 Å². The second-order valence-electron chi connectivity index (χ2n) is 5.37. The molecule has 1 nitrogen and oxygen atoms in total. The van der Waals surface area contributed by atoms with Crippen LogP contribution in [0.5, 0.6) is 0 Å². The van der Waals surface area contributed by atoms with Crippen molar-refractivity contribution in [3.63, 3.8) is 0 Å². The molecule has 0 bridgehead atoms. The molecule has 2 heteroatoms. The quantitative estimate of drug-likeness (QED) is 0.602. The first-order valence-corrected chi connectivity index (χ1v) is 6.45. The molecule has 0 saturated heterocycles. The summed E-state index contributed by atoms with van der Waals surface area (Å²) in [6, 6.07) is 4.20. The molecule has 0 fully saturated rings. The van der Waals surface area contributed by atoms with Crippen LogP contribution in [0.4, 0.5) is 5.69 Å². The first-order chi connectivity index (χ1) is 7.40. The summed E-state index contributed by atoms with van der Waals surface area (Å²) < 4.78 is 0. The third-order valence-corrected chi connectivity index (χ3v) is 2.85. The Balaban J connectivity index is 3.05. The van der Waals surface area contributed by atoms with Crippen LogP contribution in [0.25, 0.3) is 0 Å². The molecule has 0 aliphatic rings. The standard InChI is InChI=1S/C14H23NS/c1-9(2)5-11-7-13(16)8-12(14(11)15)6-10(3)4/h7-10,16H,5-6,15H2,1-4H3. The largest absolute Gasteiger partial charge is 0.398 e. The highest BCUT2D eigenvalue weighted by Crippen LogP contribution is 2.26. The van der Waals surface area contributed by atoms with Gasteiger partial charge in [0.15, 0.2) is 0 Å². The van der Waals surface area contributed by atoms with E-state index in [1.54, 1.807) is 0 Å². The fourth-order valence-electron chi connectivity index (χ4n) is 1.98. The minimum absolute atomic E-state index is 0.629. The molecule has 0 aliphatic carbocycles. The minimum Gasteiger partial charge on any atom is -0.398 e. The Morgan fingerprint density at radius 2 is 1.38 bits per heavy atom. The van der Waals surface area contributed by atoms with Crippen LogP contribution in [-0.2, 0) is 12.8 Å². The molecule has 0 unspecified atom stereocenters. The average Bonchev–Trinajstić information content (AvgIpc) is 2.11. The zero-order valence-electron chi connectivity index (χ0n) is 10.7. The van der Waals surface area contributed by atoms with E-state index in [9.17, 15) is 0 Å². The number of thiol groups is 1. The number of nitrogen functional groups attached to an aromatic ring is 1. The predicted molar refractivity (Wildman–Crippen MR) is 75.2 cm³/mol. The lowest BCUT2D eigenvalue weighted by Gasteiger charge is -2.15. The third-order valence-electron chi connectivity index (χ3n) is 2.59. The highest BCUT2D eigenvalue weighted by atomic mass is 32.1. The van der Waals surface area contributed by atoms with E-state index in [1.807, 2.05) is 0 Å². The van der Waals surface area contributed by atoms with Gasteiger partial charge >= 0.3 is 0 Å². The molecule has 90 valence electrons. The van der Waals surface area contributed by atoms with Gasteiger partial charge in [0.1, 0.15) is 0 Å². The summed E-state index contributed by atoms with van der Waals surface area (Å²) in [6.45, 7) is 8.86. The van der Waals surface area contributed by atoms with Crippen molar-refractivity contribution in [1.82, 2.24) is 0 Å². The Kier molecular flexibility index (Phi) is 4.72. The molecule has 16 heavy (non-hydrogen) atoms. The van der Waals surface area contributed by atoms with Gasteiger partial charge in [0.25, 0.3) is 0 Å². The van der Waals surface area contributed by atoms with Crippen molar-refractivity contribution in [1.29, 1.82) is 0 Å². The van der Waals surface area contributed by atoms with Crippen LogP contribution in [0.15, 0.2) is 17.0 Å². The molecule has 0 radical (unpaired) electrons. The molecule has 0 aliphatic heterocycles. The Bertz CT molecular complexity index is 325. The van der Waals surface area contributed by atoms with E-state index in [4.69, 9.17) is 5.73 Å². The molecule has 0 aromatic heterocycles. The molecule has 0 heterocycles. The number of anilines is 1. The fourth-order valence-corrected chi connectivity index (χ4v) is 2.29. The third kappa shape index (κ3) is 3.75. The van der Waals surface area contributed by atoms with Gasteiger partial charge < -0.3 is 5.73 Å². The molecule has 1 rings (SSSR count). The summed E-state index contributed by atoms with van der Waals surface area (Å²) >= 11 is 4.46. The monoisotopic (exact) mass is 237 g/mol. The molecule has 0 spiro atoms. The molecular formula is C14H23NS. The molecule has 0 saturated carbocycles. The fraction of sp³-hybridized carbons (Fsp3) is 0.571. The SMILES string of the molecule is CC(C)Cc1cc(S)cc(CC(C)C)c1N. The predicted octanol–water partition coefficient (Wildman–Crippen LogP) is 3.95. The lowest BCUT2D eigenvalue weighted by molar-refractivity contribution is 0.636. The number of hydrogen-bond acceptors (Lipinski definition) is 2. The summed E-state index contributed by atoms with van der Waals surface area (Å²) in [7, 11) is 0. The average molecular weight is 237 g/mol. The van der Waals surface area contributed by atoms with Gasteiger partial charge in [-0.2, -0.15) is 0 Å². The zero-order chi connectivity index (χ0) is 12.3. The van der Waals surface area contributed by atoms with Gasteiger partial charge in [-0.1, -0.05) is 27.7 Å².